The fraction of sp³-hybridized carbons (Fsp3) is 0.609. The molecule has 2 aliphatic heterocycles. The number of piperidine rings is 2. The van der Waals surface area contributed by atoms with Gasteiger partial charge in [0.1, 0.15) is 0 Å². The standard InChI is InChI=1S/C23H32N2O3S/c26-23(25-15-6-10-20-9-4-5-11-22(20)25)21-12-16-24(17-13-21)29(27,28)18-14-19-7-2-1-3-8-19/h1-3,7-8,14,18,20-22H,4-6,9-13,15-17H2/b18-14+. The number of sulfonamides is 1. The van der Waals surface area contributed by atoms with E-state index in [1.165, 1.54) is 35.4 Å². The molecule has 0 radical (unpaired) electrons. The number of likely N-dealkylation sites (tertiary alicyclic amines) is 1. The maximum atomic E-state index is 13.2. The molecule has 6 heteroatoms. The summed E-state index contributed by atoms with van der Waals surface area (Å²) in [5.41, 5.74) is 0.869. The van der Waals surface area contributed by atoms with Crippen molar-refractivity contribution in [3.05, 3.63) is 41.3 Å². The fourth-order valence-corrected chi connectivity index (χ4v) is 6.53. The third-order valence-electron chi connectivity index (χ3n) is 6.92. The zero-order chi connectivity index (χ0) is 20.3. The van der Waals surface area contributed by atoms with Crippen molar-refractivity contribution < 1.29 is 13.2 Å². The molecule has 1 aliphatic carbocycles. The van der Waals surface area contributed by atoms with Crippen molar-refractivity contribution in [2.75, 3.05) is 19.6 Å². The Bertz CT molecular complexity index is 827. The van der Waals surface area contributed by atoms with Crippen molar-refractivity contribution in [1.82, 2.24) is 9.21 Å². The van der Waals surface area contributed by atoms with Crippen LogP contribution in [0.2, 0.25) is 0 Å². The monoisotopic (exact) mass is 416 g/mol. The summed E-state index contributed by atoms with van der Waals surface area (Å²) in [6, 6.07) is 9.88. The second-order valence-electron chi connectivity index (χ2n) is 8.72. The fourth-order valence-electron chi connectivity index (χ4n) is 5.30. The molecule has 2 atom stereocenters. The molecule has 0 spiro atoms. The van der Waals surface area contributed by atoms with Crippen molar-refractivity contribution in [2.45, 2.75) is 57.4 Å². The van der Waals surface area contributed by atoms with E-state index in [2.05, 4.69) is 4.90 Å². The lowest BCUT2D eigenvalue weighted by molar-refractivity contribution is -0.143. The maximum absolute atomic E-state index is 13.2. The largest absolute Gasteiger partial charge is 0.339 e. The summed E-state index contributed by atoms with van der Waals surface area (Å²) in [5.74, 6) is 0.934. The molecule has 1 aromatic carbocycles. The van der Waals surface area contributed by atoms with Crippen molar-refractivity contribution in [2.24, 2.45) is 11.8 Å². The molecule has 0 aromatic heterocycles. The van der Waals surface area contributed by atoms with Crippen LogP contribution in [0.3, 0.4) is 0 Å². The van der Waals surface area contributed by atoms with Gasteiger partial charge < -0.3 is 4.90 Å². The van der Waals surface area contributed by atoms with E-state index >= 15 is 0 Å². The molecule has 158 valence electrons. The van der Waals surface area contributed by atoms with Gasteiger partial charge in [-0.25, -0.2) is 8.42 Å². The van der Waals surface area contributed by atoms with Gasteiger partial charge in [-0.15, -0.1) is 0 Å². The van der Waals surface area contributed by atoms with Crippen molar-refractivity contribution in [3.63, 3.8) is 0 Å². The molecule has 0 N–H and O–H groups in total. The molecule has 29 heavy (non-hydrogen) atoms. The minimum absolute atomic E-state index is 0.0276. The van der Waals surface area contributed by atoms with Crippen LogP contribution in [0.15, 0.2) is 35.7 Å². The van der Waals surface area contributed by atoms with E-state index in [9.17, 15) is 13.2 Å². The van der Waals surface area contributed by atoms with E-state index in [1.807, 2.05) is 30.3 Å². The first-order valence-electron chi connectivity index (χ1n) is 11.1. The van der Waals surface area contributed by atoms with Crippen LogP contribution in [-0.4, -0.2) is 49.2 Å². The number of carbonyl (C=O) groups is 1. The van der Waals surface area contributed by atoms with Gasteiger partial charge in [-0.2, -0.15) is 4.31 Å². The van der Waals surface area contributed by atoms with E-state index in [1.54, 1.807) is 6.08 Å². The summed E-state index contributed by atoms with van der Waals surface area (Å²) in [5, 5.41) is 1.29. The Labute approximate surface area is 174 Å². The van der Waals surface area contributed by atoms with Gasteiger partial charge in [-0.05, 0) is 56.1 Å². The van der Waals surface area contributed by atoms with Gasteiger partial charge in [-0.1, -0.05) is 43.2 Å². The Morgan fingerprint density at radius 2 is 1.59 bits per heavy atom. The number of hydrogen-bond acceptors (Lipinski definition) is 3. The summed E-state index contributed by atoms with van der Waals surface area (Å²) in [4.78, 5) is 15.4. The van der Waals surface area contributed by atoms with Gasteiger partial charge in [0, 0.05) is 37.0 Å². The van der Waals surface area contributed by atoms with Crippen molar-refractivity contribution >= 4 is 22.0 Å². The summed E-state index contributed by atoms with van der Waals surface area (Å²) in [6.07, 6.45) is 10.2. The van der Waals surface area contributed by atoms with Gasteiger partial charge in [-0.3, -0.25) is 4.79 Å². The van der Waals surface area contributed by atoms with Crippen LogP contribution in [0, 0.1) is 11.8 Å². The molecular formula is C23H32N2O3S. The highest BCUT2D eigenvalue weighted by atomic mass is 32.2. The number of nitrogens with zero attached hydrogens (tertiary/aromatic N) is 2. The minimum atomic E-state index is -3.45. The molecule has 0 bridgehead atoms. The molecule has 2 heterocycles. The molecule has 1 saturated carbocycles. The molecule has 3 aliphatic rings. The third-order valence-corrected chi connectivity index (χ3v) is 8.49. The SMILES string of the molecule is O=C(C1CCN(S(=O)(=O)/C=C/c2ccccc2)CC1)N1CCCC2CCCCC21. The quantitative estimate of drug-likeness (QED) is 0.748. The highest BCUT2D eigenvalue weighted by Crippen LogP contribution is 2.36. The van der Waals surface area contributed by atoms with Gasteiger partial charge in [0.2, 0.25) is 15.9 Å². The molecule has 2 unspecified atom stereocenters. The molecule has 5 nitrogen and oxygen atoms in total. The third kappa shape index (κ3) is 4.75. The van der Waals surface area contributed by atoms with Crippen molar-refractivity contribution in [3.8, 4) is 0 Å². The number of carbonyl (C=O) groups excluding carboxylic acids is 1. The number of fused-ring (bicyclic) bond motifs is 1. The van der Waals surface area contributed by atoms with Crippen LogP contribution < -0.4 is 0 Å². The molecule has 2 saturated heterocycles. The van der Waals surface area contributed by atoms with Gasteiger partial charge in [0.05, 0.1) is 0 Å². The lowest BCUT2D eigenvalue weighted by Crippen LogP contribution is -2.53. The summed E-state index contributed by atoms with van der Waals surface area (Å²) < 4.78 is 26.9. The minimum Gasteiger partial charge on any atom is -0.339 e. The Morgan fingerprint density at radius 1 is 0.897 bits per heavy atom. The maximum Gasteiger partial charge on any atom is 0.236 e. The van der Waals surface area contributed by atoms with Gasteiger partial charge in [0.25, 0.3) is 0 Å². The van der Waals surface area contributed by atoms with Crippen LogP contribution in [0.5, 0.6) is 0 Å². The first-order valence-corrected chi connectivity index (χ1v) is 12.6. The number of benzene rings is 1. The van der Waals surface area contributed by atoms with E-state index in [-0.39, 0.29) is 11.8 Å². The van der Waals surface area contributed by atoms with Crippen LogP contribution in [0.4, 0.5) is 0 Å². The van der Waals surface area contributed by atoms with Crippen LogP contribution in [0.1, 0.15) is 56.9 Å². The van der Waals surface area contributed by atoms with E-state index < -0.39 is 10.0 Å². The van der Waals surface area contributed by atoms with Crippen LogP contribution in [-0.2, 0) is 14.8 Å². The molecule has 4 rings (SSSR count). The number of rotatable bonds is 4. The molecule has 1 amide bonds. The van der Waals surface area contributed by atoms with E-state index in [0.29, 0.717) is 37.9 Å². The van der Waals surface area contributed by atoms with E-state index in [0.717, 1.165) is 24.9 Å². The summed E-state index contributed by atoms with van der Waals surface area (Å²) in [6.45, 7) is 1.75. The second kappa shape index (κ2) is 9.00. The first kappa shape index (κ1) is 20.6. The Balaban J connectivity index is 1.35. The molecular weight excluding hydrogens is 384 g/mol. The smallest absolute Gasteiger partial charge is 0.236 e. The second-order valence-corrected chi connectivity index (χ2v) is 10.5. The zero-order valence-electron chi connectivity index (χ0n) is 17.1. The Morgan fingerprint density at radius 3 is 2.34 bits per heavy atom. The molecule has 1 aromatic rings. The topological polar surface area (TPSA) is 57.7 Å². The normalized spacial score (nSPS) is 27.1. The van der Waals surface area contributed by atoms with Crippen LogP contribution in [0.25, 0.3) is 6.08 Å². The average molecular weight is 417 g/mol. The number of amides is 1. The van der Waals surface area contributed by atoms with E-state index in [4.69, 9.17) is 0 Å². The first-order chi connectivity index (χ1) is 14.0. The Hall–Kier alpha value is -1.66. The number of hydrogen-bond donors (Lipinski definition) is 0. The Kier molecular flexibility index (Phi) is 6.40. The summed E-state index contributed by atoms with van der Waals surface area (Å²) >= 11 is 0. The zero-order valence-corrected chi connectivity index (χ0v) is 17.9. The predicted octanol–water partition coefficient (Wildman–Crippen LogP) is 3.88. The average Bonchev–Trinajstić information content (AvgIpc) is 2.78. The highest BCUT2D eigenvalue weighted by Gasteiger charge is 2.39. The van der Waals surface area contributed by atoms with Crippen molar-refractivity contribution in [1.29, 1.82) is 0 Å². The van der Waals surface area contributed by atoms with Gasteiger partial charge >= 0.3 is 0 Å². The van der Waals surface area contributed by atoms with Crippen LogP contribution >= 0.6 is 0 Å². The lowest BCUT2D eigenvalue weighted by atomic mass is 9.77. The summed E-state index contributed by atoms with van der Waals surface area (Å²) in [7, 11) is -3.45. The molecule has 3 fully saturated rings. The lowest BCUT2D eigenvalue weighted by Gasteiger charge is -2.46. The van der Waals surface area contributed by atoms with Gasteiger partial charge in [0.15, 0.2) is 0 Å². The predicted molar refractivity (Wildman–Crippen MR) is 115 cm³/mol. The highest BCUT2D eigenvalue weighted by molar-refractivity contribution is 7.92.